The van der Waals surface area contributed by atoms with Crippen LogP contribution in [0.3, 0.4) is 0 Å². The number of benzene rings is 1. The maximum absolute atomic E-state index is 5.20. The Bertz CT molecular complexity index is 876. The highest BCUT2D eigenvalue weighted by molar-refractivity contribution is 8.16. The van der Waals surface area contributed by atoms with E-state index in [9.17, 15) is 0 Å². The zero-order valence-electron chi connectivity index (χ0n) is 13.1. The van der Waals surface area contributed by atoms with Crippen LogP contribution >= 0.6 is 23.5 Å². The smallest absolute Gasteiger partial charge is 0.195 e. The molecule has 0 amide bonds. The summed E-state index contributed by atoms with van der Waals surface area (Å²) in [5.74, 6) is 1.83. The predicted octanol–water partition coefficient (Wildman–Crippen LogP) is 3.39. The van der Waals surface area contributed by atoms with E-state index < -0.39 is 0 Å². The first kappa shape index (κ1) is 15.5. The molecule has 0 bridgehead atoms. The number of methoxy groups -OCH3 is 1. The molecule has 0 N–H and O–H groups in total. The molecule has 1 unspecified atom stereocenters. The van der Waals surface area contributed by atoms with Crippen LogP contribution in [0.25, 0.3) is 5.65 Å². The minimum Gasteiger partial charge on any atom is -0.497 e. The Hall–Kier alpha value is -1.99. The summed E-state index contributed by atoms with van der Waals surface area (Å²) < 4.78 is 7.23. The number of rotatable bonds is 5. The molecule has 7 heteroatoms. The zero-order valence-corrected chi connectivity index (χ0v) is 14.8. The first-order valence-corrected chi connectivity index (χ1v) is 9.48. The summed E-state index contributed by atoms with van der Waals surface area (Å²) in [5.41, 5.74) is 2.04. The molecule has 24 heavy (non-hydrogen) atoms. The number of hydrogen-bond acceptors (Lipinski definition) is 6. The Morgan fingerprint density at radius 1 is 1.21 bits per heavy atom. The van der Waals surface area contributed by atoms with Crippen molar-refractivity contribution in [3.05, 3.63) is 54.2 Å². The molecule has 0 spiro atoms. The number of pyridine rings is 1. The van der Waals surface area contributed by atoms with Crippen molar-refractivity contribution in [2.45, 2.75) is 10.4 Å². The number of fused-ring (bicyclic) bond motifs is 1. The molecule has 3 aromatic rings. The summed E-state index contributed by atoms with van der Waals surface area (Å²) in [6.07, 6.45) is 2.00. The molecule has 0 radical (unpaired) electrons. The lowest BCUT2D eigenvalue weighted by molar-refractivity contribution is 0.415. The van der Waals surface area contributed by atoms with Crippen molar-refractivity contribution in [2.75, 3.05) is 19.4 Å². The lowest BCUT2D eigenvalue weighted by Crippen LogP contribution is -2.07. The average Bonchev–Trinajstić information content (AvgIpc) is 3.27. The van der Waals surface area contributed by atoms with Gasteiger partial charge in [-0.25, -0.2) is 0 Å². The van der Waals surface area contributed by atoms with Crippen LogP contribution in [0.5, 0.6) is 5.75 Å². The number of ether oxygens (including phenoxy) is 1. The molecule has 4 rings (SSSR count). The molecule has 0 saturated carbocycles. The Balaban J connectivity index is 1.38. The molecule has 1 aliphatic heterocycles. The maximum atomic E-state index is 5.20. The van der Waals surface area contributed by atoms with Gasteiger partial charge < -0.3 is 4.74 Å². The number of aromatic nitrogens is 3. The van der Waals surface area contributed by atoms with Gasteiger partial charge in [-0.3, -0.25) is 9.39 Å². The van der Waals surface area contributed by atoms with Gasteiger partial charge in [0.15, 0.2) is 10.8 Å². The van der Waals surface area contributed by atoms with Gasteiger partial charge in [0.1, 0.15) is 5.75 Å². The summed E-state index contributed by atoms with van der Waals surface area (Å²) in [7, 11) is 1.68. The quantitative estimate of drug-likeness (QED) is 0.656. The van der Waals surface area contributed by atoms with Gasteiger partial charge in [0, 0.05) is 22.8 Å². The Labute approximate surface area is 148 Å². The van der Waals surface area contributed by atoms with Crippen LogP contribution in [-0.4, -0.2) is 44.3 Å². The van der Waals surface area contributed by atoms with Crippen LogP contribution in [-0.2, 0) is 0 Å². The van der Waals surface area contributed by atoms with Gasteiger partial charge in [0.05, 0.1) is 18.7 Å². The highest BCUT2D eigenvalue weighted by atomic mass is 32.2. The lowest BCUT2D eigenvalue weighted by Gasteiger charge is -2.07. The fourth-order valence-corrected chi connectivity index (χ4v) is 4.68. The van der Waals surface area contributed by atoms with E-state index in [0.717, 1.165) is 39.5 Å². The van der Waals surface area contributed by atoms with Gasteiger partial charge in [-0.05, 0) is 36.4 Å². The van der Waals surface area contributed by atoms with Crippen molar-refractivity contribution >= 4 is 34.2 Å². The molecule has 1 aliphatic rings. The highest BCUT2D eigenvalue weighted by Crippen LogP contribution is 2.30. The van der Waals surface area contributed by atoms with Crippen LogP contribution in [0.4, 0.5) is 0 Å². The average molecular weight is 356 g/mol. The second-order valence-electron chi connectivity index (χ2n) is 5.34. The van der Waals surface area contributed by atoms with Crippen molar-refractivity contribution in [2.24, 2.45) is 4.99 Å². The van der Waals surface area contributed by atoms with Gasteiger partial charge in [-0.1, -0.05) is 17.8 Å². The summed E-state index contributed by atoms with van der Waals surface area (Å²) in [6.45, 7) is 0.843. The number of hydrogen-bond donors (Lipinski definition) is 0. The second kappa shape index (κ2) is 6.86. The highest BCUT2D eigenvalue weighted by Gasteiger charge is 2.21. The Morgan fingerprint density at radius 2 is 2.08 bits per heavy atom. The van der Waals surface area contributed by atoms with Gasteiger partial charge in [-0.15, -0.1) is 22.0 Å². The van der Waals surface area contributed by atoms with Gasteiger partial charge in [0.2, 0.25) is 0 Å². The predicted molar refractivity (Wildman–Crippen MR) is 99.5 cm³/mol. The van der Waals surface area contributed by atoms with E-state index in [2.05, 4.69) is 27.3 Å². The molecular weight excluding hydrogens is 340 g/mol. The van der Waals surface area contributed by atoms with Crippen LogP contribution in [0, 0.1) is 0 Å². The normalized spacial score (nSPS) is 17.2. The van der Waals surface area contributed by atoms with E-state index in [1.807, 2.05) is 52.7 Å². The van der Waals surface area contributed by atoms with Crippen molar-refractivity contribution in [3.8, 4) is 5.75 Å². The minimum absolute atomic E-state index is 0.461. The number of aliphatic imine (C=N–C) groups is 1. The van der Waals surface area contributed by atoms with E-state index in [1.54, 1.807) is 18.9 Å². The largest absolute Gasteiger partial charge is 0.497 e. The fraction of sp³-hybridized carbons (Fsp3) is 0.235. The number of nitrogens with zero attached hydrogens (tertiary/aromatic N) is 4. The number of thioether (sulfide) groups is 2. The molecule has 1 aromatic carbocycles. The van der Waals surface area contributed by atoms with Crippen molar-refractivity contribution in [3.63, 3.8) is 0 Å². The molecule has 0 aliphatic carbocycles. The van der Waals surface area contributed by atoms with Crippen molar-refractivity contribution < 1.29 is 4.74 Å². The lowest BCUT2D eigenvalue weighted by atomic mass is 10.2. The van der Waals surface area contributed by atoms with E-state index in [-0.39, 0.29) is 0 Å². The summed E-state index contributed by atoms with van der Waals surface area (Å²) in [6, 6.07) is 14.0. The van der Waals surface area contributed by atoms with Crippen LogP contribution in [0.15, 0.2) is 58.8 Å². The fourth-order valence-electron chi connectivity index (χ4n) is 2.48. The molecule has 0 saturated heterocycles. The molecular formula is C17H16N4OS2. The van der Waals surface area contributed by atoms with E-state index in [1.165, 1.54) is 0 Å². The molecule has 122 valence electrons. The summed E-state index contributed by atoms with van der Waals surface area (Å²) in [5, 5.41) is 11.0. The van der Waals surface area contributed by atoms with E-state index in [4.69, 9.17) is 4.74 Å². The van der Waals surface area contributed by atoms with Gasteiger partial charge in [0.25, 0.3) is 0 Å². The van der Waals surface area contributed by atoms with Crippen LogP contribution in [0.2, 0.25) is 0 Å². The van der Waals surface area contributed by atoms with Crippen molar-refractivity contribution in [1.29, 1.82) is 0 Å². The Morgan fingerprint density at radius 3 is 2.92 bits per heavy atom. The minimum atomic E-state index is 0.461. The van der Waals surface area contributed by atoms with Gasteiger partial charge in [-0.2, -0.15) is 0 Å². The third-order valence-corrected chi connectivity index (χ3v) is 6.29. The summed E-state index contributed by atoms with van der Waals surface area (Å²) in [4.78, 5) is 4.69. The molecule has 5 nitrogen and oxygen atoms in total. The Kier molecular flexibility index (Phi) is 4.44. The molecule has 1 atom stereocenters. The van der Waals surface area contributed by atoms with Crippen LogP contribution in [0.1, 0.15) is 5.56 Å². The first-order valence-electron chi connectivity index (χ1n) is 7.61. The van der Waals surface area contributed by atoms with Gasteiger partial charge >= 0.3 is 0 Å². The molecule has 3 heterocycles. The SMILES string of the molecule is COc1ccc(C2=NCC(CSc3nnc4ccccn34)S2)cc1. The second-order valence-corrected chi connectivity index (χ2v) is 7.61. The summed E-state index contributed by atoms with van der Waals surface area (Å²) >= 11 is 3.57. The first-order chi connectivity index (χ1) is 11.8. The molecule has 2 aromatic heterocycles. The van der Waals surface area contributed by atoms with Crippen LogP contribution < -0.4 is 4.74 Å². The van der Waals surface area contributed by atoms with Crippen molar-refractivity contribution in [1.82, 2.24) is 14.6 Å². The molecule has 0 fully saturated rings. The topological polar surface area (TPSA) is 51.8 Å². The monoisotopic (exact) mass is 356 g/mol. The maximum Gasteiger partial charge on any atom is 0.195 e. The van der Waals surface area contributed by atoms with E-state index >= 15 is 0 Å². The third kappa shape index (κ3) is 3.14. The third-order valence-electron chi connectivity index (χ3n) is 3.73. The zero-order chi connectivity index (χ0) is 16.4. The standard InChI is InChI=1S/C17H16N4OS2/c1-22-13-7-5-12(6-8-13)16-18-10-14(24-16)11-23-17-20-19-15-4-2-3-9-21(15)17/h2-9,14H,10-11H2,1H3. The van der Waals surface area contributed by atoms with E-state index in [0.29, 0.717) is 5.25 Å².